The SMILES string of the molecule is O=S(=O)(Cc1cccc(Br)c1)CC1CCCN1. The number of halogens is 1. The van der Waals surface area contributed by atoms with Gasteiger partial charge in [0, 0.05) is 10.5 Å². The van der Waals surface area contributed by atoms with Crippen LogP contribution in [0.4, 0.5) is 0 Å². The fourth-order valence-corrected chi connectivity index (χ4v) is 4.29. The van der Waals surface area contributed by atoms with Crippen molar-refractivity contribution >= 4 is 25.8 Å². The summed E-state index contributed by atoms with van der Waals surface area (Å²) in [6.07, 6.45) is 2.05. The van der Waals surface area contributed by atoms with Crippen molar-refractivity contribution in [3.05, 3.63) is 34.3 Å². The van der Waals surface area contributed by atoms with E-state index >= 15 is 0 Å². The molecule has 1 aromatic rings. The Morgan fingerprint density at radius 3 is 2.88 bits per heavy atom. The van der Waals surface area contributed by atoms with Crippen LogP contribution in [0.2, 0.25) is 0 Å². The van der Waals surface area contributed by atoms with Gasteiger partial charge in [-0.05, 0) is 37.1 Å². The van der Waals surface area contributed by atoms with E-state index in [9.17, 15) is 8.42 Å². The predicted molar refractivity (Wildman–Crippen MR) is 72.7 cm³/mol. The van der Waals surface area contributed by atoms with E-state index in [1.165, 1.54) is 0 Å². The molecule has 5 heteroatoms. The molecule has 1 fully saturated rings. The predicted octanol–water partition coefficient (Wildman–Crippen LogP) is 2.12. The van der Waals surface area contributed by atoms with Crippen LogP contribution in [0.5, 0.6) is 0 Å². The third-order valence-electron chi connectivity index (χ3n) is 2.89. The Hall–Kier alpha value is -0.390. The molecule has 0 aromatic heterocycles. The summed E-state index contributed by atoms with van der Waals surface area (Å²) in [5, 5.41) is 3.22. The van der Waals surface area contributed by atoms with Crippen LogP contribution in [-0.4, -0.2) is 26.8 Å². The number of sulfone groups is 1. The smallest absolute Gasteiger partial charge is 0.155 e. The third-order valence-corrected chi connectivity index (χ3v) is 5.07. The maximum Gasteiger partial charge on any atom is 0.155 e. The zero-order valence-corrected chi connectivity index (χ0v) is 11.9. The molecule has 2 rings (SSSR count). The minimum absolute atomic E-state index is 0.130. The molecule has 1 heterocycles. The van der Waals surface area contributed by atoms with E-state index in [1.807, 2.05) is 24.3 Å². The summed E-state index contributed by atoms with van der Waals surface area (Å²) < 4.78 is 24.9. The average molecular weight is 318 g/mol. The van der Waals surface area contributed by atoms with Crippen molar-refractivity contribution in [3.63, 3.8) is 0 Å². The largest absolute Gasteiger partial charge is 0.313 e. The van der Waals surface area contributed by atoms with Crippen LogP contribution >= 0.6 is 15.9 Å². The minimum atomic E-state index is -3.02. The van der Waals surface area contributed by atoms with E-state index in [1.54, 1.807) is 0 Å². The molecule has 1 N–H and O–H groups in total. The number of rotatable bonds is 4. The number of hydrogen-bond donors (Lipinski definition) is 1. The monoisotopic (exact) mass is 317 g/mol. The van der Waals surface area contributed by atoms with Crippen molar-refractivity contribution in [2.45, 2.75) is 24.6 Å². The van der Waals surface area contributed by atoms with E-state index < -0.39 is 9.84 Å². The van der Waals surface area contributed by atoms with Crippen molar-refractivity contribution in [2.24, 2.45) is 0 Å². The van der Waals surface area contributed by atoms with Crippen LogP contribution in [0.1, 0.15) is 18.4 Å². The van der Waals surface area contributed by atoms with Crippen LogP contribution in [-0.2, 0) is 15.6 Å². The highest BCUT2D eigenvalue weighted by Gasteiger charge is 2.22. The van der Waals surface area contributed by atoms with Crippen molar-refractivity contribution in [1.29, 1.82) is 0 Å². The number of benzene rings is 1. The minimum Gasteiger partial charge on any atom is -0.313 e. The van der Waals surface area contributed by atoms with Crippen LogP contribution in [0.15, 0.2) is 28.7 Å². The van der Waals surface area contributed by atoms with Crippen LogP contribution < -0.4 is 5.32 Å². The van der Waals surface area contributed by atoms with Gasteiger partial charge in [0.25, 0.3) is 0 Å². The first kappa shape index (κ1) is 13.1. The van der Waals surface area contributed by atoms with Crippen molar-refractivity contribution in [1.82, 2.24) is 5.32 Å². The molecule has 0 spiro atoms. The maximum atomic E-state index is 12.0. The van der Waals surface area contributed by atoms with E-state index in [4.69, 9.17) is 0 Å². The Kier molecular flexibility index (Phi) is 4.22. The standard InChI is InChI=1S/C12H16BrNO2S/c13-11-4-1-3-10(7-11)8-17(15,16)9-12-5-2-6-14-12/h1,3-4,7,12,14H,2,5-6,8-9H2. The summed E-state index contributed by atoms with van der Waals surface area (Å²) >= 11 is 3.35. The molecule has 0 aliphatic carbocycles. The second kappa shape index (κ2) is 5.50. The highest BCUT2D eigenvalue weighted by atomic mass is 79.9. The second-order valence-corrected chi connectivity index (χ2v) is 7.50. The lowest BCUT2D eigenvalue weighted by Gasteiger charge is -2.10. The Labute approximate surface area is 111 Å². The third kappa shape index (κ3) is 4.08. The Morgan fingerprint density at radius 1 is 1.41 bits per heavy atom. The second-order valence-electron chi connectivity index (χ2n) is 4.48. The van der Waals surface area contributed by atoms with Gasteiger partial charge < -0.3 is 5.32 Å². The fourth-order valence-electron chi connectivity index (χ4n) is 2.15. The van der Waals surface area contributed by atoms with Gasteiger partial charge in [-0.1, -0.05) is 28.1 Å². The zero-order valence-electron chi connectivity index (χ0n) is 9.52. The van der Waals surface area contributed by atoms with Crippen LogP contribution in [0, 0.1) is 0 Å². The molecule has 94 valence electrons. The molecule has 3 nitrogen and oxygen atoms in total. The molecule has 1 aliphatic heterocycles. The molecular formula is C12H16BrNO2S. The van der Waals surface area contributed by atoms with Gasteiger partial charge >= 0.3 is 0 Å². The van der Waals surface area contributed by atoms with Gasteiger partial charge in [-0.15, -0.1) is 0 Å². The van der Waals surface area contributed by atoms with Gasteiger partial charge in [0.15, 0.2) is 9.84 Å². The highest BCUT2D eigenvalue weighted by Crippen LogP contribution is 2.16. The van der Waals surface area contributed by atoms with Gasteiger partial charge in [0.1, 0.15) is 0 Å². The van der Waals surface area contributed by atoms with Crippen LogP contribution in [0.3, 0.4) is 0 Å². The molecule has 0 bridgehead atoms. The first-order chi connectivity index (χ1) is 8.05. The topological polar surface area (TPSA) is 46.2 Å². The van der Waals surface area contributed by atoms with Crippen molar-refractivity contribution < 1.29 is 8.42 Å². The summed E-state index contributed by atoms with van der Waals surface area (Å²) in [7, 11) is -3.02. The first-order valence-electron chi connectivity index (χ1n) is 5.73. The summed E-state index contributed by atoms with van der Waals surface area (Å²) in [4.78, 5) is 0. The lowest BCUT2D eigenvalue weighted by Crippen LogP contribution is -2.30. The zero-order chi connectivity index (χ0) is 12.3. The molecule has 1 aliphatic rings. The summed E-state index contributed by atoms with van der Waals surface area (Å²) in [6, 6.07) is 7.62. The van der Waals surface area contributed by atoms with Crippen LogP contribution in [0.25, 0.3) is 0 Å². The molecule has 1 unspecified atom stereocenters. The van der Waals surface area contributed by atoms with E-state index in [0.717, 1.165) is 29.4 Å². The Morgan fingerprint density at radius 2 is 2.24 bits per heavy atom. The van der Waals surface area contributed by atoms with E-state index in [0.29, 0.717) is 0 Å². The van der Waals surface area contributed by atoms with Gasteiger partial charge in [-0.3, -0.25) is 0 Å². The van der Waals surface area contributed by atoms with Gasteiger partial charge in [0.2, 0.25) is 0 Å². The number of nitrogens with one attached hydrogen (secondary N) is 1. The number of hydrogen-bond acceptors (Lipinski definition) is 3. The molecule has 0 amide bonds. The van der Waals surface area contributed by atoms with E-state index in [2.05, 4.69) is 21.2 Å². The fraction of sp³-hybridized carbons (Fsp3) is 0.500. The summed E-state index contributed by atoms with van der Waals surface area (Å²) in [5.74, 6) is 0.379. The molecule has 1 aromatic carbocycles. The Balaban J connectivity index is 2.01. The Bertz CT molecular complexity index is 481. The molecular weight excluding hydrogens is 302 g/mol. The van der Waals surface area contributed by atoms with Gasteiger partial charge in [-0.2, -0.15) is 0 Å². The first-order valence-corrected chi connectivity index (χ1v) is 8.35. The lowest BCUT2D eigenvalue weighted by atomic mass is 10.2. The van der Waals surface area contributed by atoms with E-state index in [-0.39, 0.29) is 17.5 Å². The lowest BCUT2D eigenvalue weighted by molar-refractivity contribution is 0.576. The molecule has 17 heavy (non-hydrogen) atoms. The maximum absolute atomic E-state index is 12.0. The summed E-state index contributed by atoms with van der Waals surface area (Å²) in [5.41, 5.74) is 0.845. The van der Waals surface area contributed by atoms with Crippen molar-refractivity contribution in [3.8, 4) is 0 Å². The van der Waals surface area contributed by atoms with Gasteiger partial charge in [0.05, 0.1) is 11.5 Å². The molecule has 1 atom stereocenters. The van der Waals surface area contributed by atoms with Crippen molar-refractivity contribution in [2.75, 3.05) is 12.3 Å². The average Bonchev–Trinajstić information content (AvgIpc) is 2.68. The van der Waals surface area contributed by atoms with Gasteiger partial charge in [-0.25, -0.2) is 8.42 Å². The molecule has 1 saturated heterocycles. The molecule has 0 radical (unpaired) electrons. The molecule has 0 saturated carbocycles. The summed E-state index contributed by atoms with van der Waals surface area (Å²) in [6.45, 7) is 0.942. The highest BCUT2D eigenvalue weighted by molar-refractivity contribution is 9.10. The quantitative estimate of drug-likeness (QED) is 0.925. The normalized spacial score (nSPS) is 20.6.